The lowest BCUT2D eigenvalue weighted by molar-refractivity contribution is -0.384. The van der Waals surface area contributed by atoms with Crippen LogP contribution < -0.4 is 10.1 Å². The van der Waals surface area contributed by atoms with E-state index in [-0.39, 0.29) is 29.5 Å². The Balaban J connectivity index is 1.97. The summed E-state index contributed by atoms with van der Waals surface area (Å²) in [6.45, 7) is 2.31. The standard InChI is InChI=1S/C19H18N2O5/c1-2-20-19(23)13-26-17-9-6-14(7-10-17)8-11-18(22)15-4-3-5-16(12-15)21(24)25/h3-12H,2,13H2,1H3,(H,20,23)/b11-8+. The quantitative estimate of drug-likeness (QED) is 0.340. The van der Waals surface area contributed by atoms with Gasteiger partial charge in [0.15, 0.2) is 12.4 Å². The second-order valence-corrected chi connectivity index (χ2v) is 5.32. The molecule has 7 nitrogen and oxygen atoms in total. The molecule has 2 rings (SSSR count). The van der Waals surface area contributed by atoms with Crippen molar-refractivity contribution < 1.29 is 19.2 Å². The van der Waals surface area contributed by atoms with Crippen LogP contribution >= 0.6 is 0 Å². The molecule has 0 atom stereocenters. The third-order valence-electron chi connectivity index (χ3n) is 3.39. The number of allylic oxidation sites excluding steroid dienone is 1. The third-order valence-corrected chi connectivity index (χ3v) is 3.39. The monoisotopic (exact) mass is 354 g/mol. The number of nitrogens with zero attached hydrogens (tertiary/aromatic N) is 1. The van der Waals surface area contributed by atoms with E-state index in [0.29, 0.717) is 12.3 Å². The molecule has 0 saturated heterocycles. The number of benzene rings is 2. The van der Waals surface area contributed by atoms with Gasteiger partial charge in [0.05, 0.1) is 4.92 Å². The average molecular weight is 354 g/mol. The normalized spacial score (nSPS) is 10.5. The highest BCUT2D eigenvalue weighted by Crippen LogP contribution is 2.16. The number of carbonyl (C=O) groups is 2. The van der Waals surface area contributed by atoms with Crippen molar-refractivity contribution in [3.05, 3.63) is 75.8 Å². The third kappa shape index (κ3) is 5.55. The molecule has 0 radical (unpaired) electrons. The second kappa shape index (κ2) is 9.12. The van der Waals surface area contributed by atoms with Crippen molar-refractivity contribution in [1.82, 2.24) is 5.32 Å². The molecule has 0 heterocycles. The zero-order valence-corrected chi connectivity index (χ0v) is 14.2. The summed E-state index contributed by atoms with van der Waals surface area (Å²) in [7, 11) is 0. The van der Waals surface area contributed by atoms with E-state index in [4.69, 9.17) is 4.74 Å². The van der Waals surface area contributed by atoms with Gasteiger partial charge in [0.2, 0.25) is 0 Å². The second-order valence-electron chi connectivity index (χ2n) is 5.32. The first-order valence-electron chi connectivity index (χ1n) is 7.96. The molecule has 134 valence electrons. The number of non-ortho nitro benzene ring substituents is 1. The molecule has 7 heteroatoms. The Kier molecular flexibility index (Phi) is 6.61. The minimum atomic E-state index is -0.542. The summed E-state index contributed by atoms with van der Waals surface area (Å²) in [4.78, 5) is 33.7. The summed E-state index contributed by atoms with van der Waals surface area (Å²) in [6.07, 6.45) is 2.96. The van der Waals surface area contributed by atoms with Crippen molar-refractivity contribution in [3.63, 3.8) is 0 Å². The largest absolute Gasteiger partial charge is 0.484 e. The van der Waals surface area contributed by atoms with E-state index in [9.17, 15) is 19.7 Å². The summed E-state index contributed by atoms with van der Waals surface area (Å²) in [5.74, 6) is 0.0164. The van der Waals surface area contributed by atoms with E-state index in [1.165, 1.54) is 30.3 Å². The number of hydrogen-bond donors (Lipinski definition) is 1. The van der Waals surface area contributed by atoms with Gasteiger partial charge < -0.3 is 10.1 Å². The number of ether oxygens (including phenoxy) is 1. The van der Waals surface area contributed by atoms with Gasteiger partial charge in [-0.25, -0.2) is 0 Å². The Labute approximate surface area is 150 Å². The Morgan fingerprint density at radius 3 is 2.58 bits per heavy atom. The molecule has 0 spiro atoms. The van der Waals surface area contributed by atoms with E-state index in [1.54, 1.807) is 30.3 Å². The molecule has 0 aromatic heterocycles. The molecular formula is C19H18N2O5. The summed E-state index contributed by atoms with van der Waals surface area (Å²) in [5, 5.41) is 13.4. The molecule has 0 saturated carbocycles. The number of amides is 1. The lowest BCUT2D eigenvalue weighted by Gasteiger charge is -2.06. The highest BCUT2D eigenvalue weighted by atomic mass is 16.6. The van der Waals surface area contributed by atoms with Crippen molar-refractivity contribution in [2.45, 2.75) is 6.92 Å². The maximum atomic E-state index is 12.1. The highest BCUT2D eigenvalue weighted by molar-refractivity contribution is 6.07. The lowest BCUT2D eigenvalue weighted by Crippen LogP contribution is -2.28. The average Bonchev–Trinajstić information content (AvgIpc) is 2.65. The Hall–Kier alpha value is -3.48. The number of nitrogens with one attached hydrogen (secondary N) is 1. The molecule has 1 amide bonds. The predicted octanol–water partition coefficient (Wildman–Crippen LogP) is 3.01. The van der Waals surface area contributed by atoms with E-state index < -0.39 is 4.92 Å². The van der Waals surface area contributed by atoms with Gasteiger partial charge in [0.25, 0.3) is 11.6 Å². The number of rotatable bonds is 8. The van der Waals surface area contributed by atoms with Crippen LogP contribution in [0.4, 0.5) is 5.69 Å². The van der Waals surface area contributed by atoms with Gasteiger partial charge in [-0.2, -0.15) is 0 Å². The summed E-state index contributed by atoms with van der Waals surface area (Å²) in [6, 6.07) is 12.4. The topological polar surface area (TPSA) is 98.5 Å². The number of nitro groups is 1. The van der Waals surface area contributed by atoms with Crippen molar-refractivity contribution in [1.29, 1.82) is 0 Å². The number of nitro benzene ring substituents is 1. The molecule has 0 aliphatic heterocycles. The fourth-order valence-electron chi connectivity index (χ4n) is 2.11. The van der Waals surface area contributed by atoms with E-state index in [1.807, 2.05) is 6.92 Å². The Morgan fingerprint density at radius 1 is 1.19 bits per heavy atom. The maximum Gasteiger partial charge on any atom is 0.270 e. The maximum absolute atomic E-state index is 12.1. The zero-order valence-electron chi connectivity index (χ0n) is 14.2. The number of carbonyl (C=O) groups excluding carboxylic acids is 2. The molecule has 0 fully saturated rings. The molecule has 0 bridgehead atoms. The van der Waals surface area contributed by atoms with Crippen LogP contribution in [0.5, 0.6) is 5.75 Å². The van der Waals surface area contributed by atoms with Crippen LogP contribution in [0.3, 0.4) is 0 Å². The minimum Gasteiger partial charge on any atom is -0.484 e. The summed E-state index contributed by atoms with van der Waals surface area (Å²) >= 11 is 0. The summed E-state index contributed by atoms with van der Waals surface area (Å²) < 4.78 is 5.34. The van der Waals surface area contributed by atoms with Crippen LogP contribution in [0.25, 0.3) is 6.08 Å². The van der Waals surface area contributed by atoms with Gasteiger partial charge >= 0.3 is 0 Å². The van der Waals surface area contributed by atoms with Gasteiger partial charge in [-0.15, -0.1) is 0 Å². The first-order chi connectivity index (χ1) is 12.5. The number of ketones is 1. The highest BCUT2D eigenvalue weighted by Gasteiger charge is 2.09. The van der Waals surface area contributed by atoms with E-state index >= 15 is 0 Å². The SMILES string of the molecule is CCNC(=O)COc1ccc(/C=C/C(=O)c2cccc([N+](=O)[O-])c2)cc1. The molecule has 2 aromatic rings. The van der Waals surface area contributed by atoms with E-state index in [2.05, 4.69) is 5.32 Å². The molecule has 2 aromatic carbocycles. The molecular weight excluding hydrogens is 336 g/mol. The van der Waals surface area contributed by atoms with Crippen molar-refractivity contribution in [3.8, 4) is 5.75 Å². The van der Waals surface area contributed by atoms with Gasteiger partial charge in [-0.1, -0.05) is 30.3 Å². The van der Waals surface area contributed by atoms with Crippen molar-refractivity contribution >= 4 is 23.5 Å². The van der Waals surface area contributed by atoms with Crippen LogP contribution in [0, 0.1) is 10.1 Å². The van der Waals surface area contributed by atoms with Crippen molar-refractivity contribution in [2.24, 2.45) is 0 Å². The van der Waals surface area contributed by atoms with E-state index in [0.717, 1.165) is 5.56 Å². The zero-order chi connectivity index (χ0) is 18.9. The Bertz CT molecular complexity index is 828. The smallest absolute Gasteiger partial charge is 0.270 e. The van der Waals surface area contributed by atoms with Crippen LogP contribution in [0.15, 0.2) is 54.6 Å². The number of hydrogen-bond acceptors (Lipinski definition) is 5. The fourth-order valence-corrected chi connectivity index (χ4v) is 2.11. The van der Waals surface area contributed by atoms with Crippen LogP contribution in [0.1, 0.15) is 22.8 Å². The van der Waals surface area contributed by atoms with Crippen molar-refractivity contribution in [2.75, 3.05) is 13.2 Å². The first kappa shape index (κ1) is 18.9. The first-order valence-corrected chi connectivity index (χ1v) is 7.96. The van der Waals surface area contributed by atoms with Gasteiger partial charge in [0, 0.05) is 24.2 Å². The van der Waals surface area contributed by atoms with Gasteiger partial charge in [-0.3, -0.25) is 19.7 Å². The minimum absolute atomic E-state index is 0.0612. The number of likely N-dealkylation sites (N-methyl/N-ethyl adjacent to an activating group) is 1. The molecule has 0 unspecified atom stereocenters. The molecule has 0 aliphatic carbocycles. The van der Waals surface area contributed by atoms with Crippen LogP contribution in [-0.2, 0) is 4.79 Å². The molecule has 1 N–H and O–H groups in total. The lowest BCUT2D eigenvalue weighted by atomic mass is 10.1. The predicted molar refractivity (Wildman–Crippen MR) is 97.1 cm³/mol. The van der Waals surface area contributed by atoms with Crippen LogP contribution in [0.2, 0.25) is 0 Å². The van der Waals surface area contributed by atoms with Gasteiger partial charge in [-0.05, 0) is 30.7 Å². The molecule has 0 aliphatic rings. The fraction of sp³-hybridized carbons (Fsp3) is 0.158. The molecule has 26 heavy (non-hydrogen) atoms. The van der Waals surface area contributed by atoms with Gasteiger partial charge in [0.1, 0.15) is 5.75 Å². The van der Waals surface area contributed by atoms with Crippen LogP contribution in [-0.4, -0.2) is 29.8 Å². The summed E-state index contributed by atoms with van der Waals surface area (Å²) in [5.41, 5.74) is 0.879. The Morgan fingerprint density at radius 2 is 1.92 bits per heavy atom.